The normalized spacial score (nSPS) is 17.6. The topological polar surface area (TPSA) is 46.2 Å². The van der Waals surface area contributed by atoms with Crippen LogP contribution in [0.25, 0.3) is 0 Å². The molecule has 0 heterocycles. The van der Waals surface area contributed by atoms with Gasteiger partial charge in [-0.2, -0.15) is 0 Å². The van der Waals surface area contributed by atoms with Gasteiger partial charge >= 0.3 is 0 Å². The molecule has 1 atom stereocenters. The van der Waals surface area contributed by atoms with Gasteiger partial charge in [-0.3, -0.25) is 0 Å². The minimum absolute atomic E-state index is 0.304. The summed E-state index contributed by atoms with van der Waals surface area (Å²) < 4.78 is 0. The van der Waals surface area contributed by atoms with Gasteiger partial charge in [0.05, 0.1) is 6.10 Å². The predicted molar refractivity (Wildman–Crippen MR) is 78.7 cm³/mol. The maximum atomic E-state index is 9.57. The molecule has 2 heteroatoms. The lowest BCUT2D eigenvalue weighted by Gasteiger charge is -2.15. The summed E-state index contributed by atoms with van der Waals surface area (Å²) in [6.07, 6.45) is 6.66. The molecule has 3 N–H and O–H groups in total. The lowest BCUT2D eigenvalue weighted by molar-refractivity contribution is 0.183. The highest BCUT2D eigenvalue weighted by Crippen LogP contribution is 2.22. The van der Waals surface area contributed by atoms with Crippen molar-refractivity contribution in [3.05, 3.63) is 35.4 Å². The zero-order valence-corrected chi connectivity index (χ0v) is 11.4. The molecule has 0 bridgehead atoms. The van der Waals surface area contributed by atoms with E-state index >= 15 is 0 Å². The molecule has 2 nitrogen and oxygen atoms in total. The molecule has 0 spiro atoms. The Bertz CT molecular complexity index is 452. The van der Waals surface area contributed by atoms with Crippen molar-refractivity contribution in [3.63, 3.8) is 0 Å². The molecule has 0 amide bonds. The molecule has 1 saturated carbocycles. The average molecular weight is 257 g/mol. The first-order chi connectivity index (χ1) is 9.28. The van der Waals surface area contributed by atoms with Crippen molar-refractivity contribution < 1.29 is 5.11 Å². The van der Waals surface area contributed by atoms with Gasteiger partial charge in [0.1, 0.15) is 0 Å². The van der Waals surface area contributed by atoms with Crippen molar-refractivity contribution >= 4 is 0 Å². The molecular weight excluding hydrogens is 234 g/mol. The Kier molecular flexibility index (Phi) is 5.44. The average Bonchev–Trinajstić information content (AvgIpc) is 2.46. The molecule has 1 fully saturated rings. The first-order valence-electron chi connectivity index (χ1n) is 7.26. The van der Waals surface area contributed by atoms with E-state index in [9.17, 15) is 5.11 Å². The molecule has 0 saturated heterocycles. The van der Waals surface area contributed by atoms with Gasteiger partial charge in [-0.25, -0.2) is 0 Å². The second-order valence-electron chi connectivity index (χ2n) is 5.40. The van der Waals surface area contributed by atoms with E-state index in [1.54, 1.807) is 0 Å². The maximum Gasteiger partial charge on any atom is 0.0702 e. The summed E-state index contributed by atoms with van der Waals surface area (Å²) >= 11 is 0. The summed E-state index contributed by atoms with van der Waals surface area (Å²) in [4.78, 5) is 0. The van der Waals surface area contributed by atoms with Gasteiger partial charge in [-0.1, -0.05) is 43.2 Å². The van der Waals surface area contributed by atoms with Gasteiger partial charge in [-0.15, -0.1) is 0 Å². The summed E-state index contributed by atoms with van der Waals surface area (Å²) in [6, 6.07) is 8.12. The lowest BCUT2D eigenvalue weighted by Crippen LogP contribution is -2.21. The summed E-state index contributed by atoms with van der Waals surface area (Å²) in [7, 11) is 0. The highest BCUT2D eigenvalue weighted by atomic mass is 16.3. The van der Waals surface area contributed by atoms with E-state index in [0.717, 1.165) is 11.1 Å². The highest BCUT2D eigenvalue weighted by molar-refractivity contribution is 5.37. The maximum absolute atomic E-state index is 9.57. The summed E-state index contributed by atoms with van der Waals surface area (Å²) in [5.41, 5.74) is 7.59. The second-order valence-corrected chi connectivity index (χ2v) is 5.40. The number of hydrogen-bond acceptors (Lipinski definition) is 2. The van der Waals surface area contributed by atoms with Crippen LogP contribution in [0.5, 0.6) is 0 Å². The second kappa shape index (κ2) is 7.33. The van der Waals surface area contributed by atoms with Crippen LogP contribution in [0.4, 0.5) is 0 Å². The molecule has 1 aromatic carbocycles. The third kappa shape index (κ3) is 4.70. The van der Waals surface area contributed by atoms with E-state index in [0.29, 0.717) is 18.9 Å². The SMILES string of the molecule is NCC(O)Cc1cccc(C#CC2CCCCC2)c1. The molecule has 0 radical (unpaired) electrons. The minimum Gasteiger partial charge on any atom is -0.391 e. The van der Waals surface area contributed by atoms with Crippen molar-refractivity contribution in [1.82, 2.24) is 0 Å². The number of rotatable bonds is 3. The molecule has 0 aliphatic heterocycles. The number of aliphatic hydroxyl groups excluding tert-OH is 1. The Morgan fingerprint density at radius 3 is 2.79 bits per heavy atom. The Balaban J connectivity index is 2.00. The molecule has 102 valence electrons. The van der Waals surface area contributed by atoms with Crippen LogP contribution in [0.15, 0.2) is 24.3 Å². The third-order valence-electron chi connectivity index (χ3n) is 3.70. The van der Waals surface area contributed by atoms with Gasteiger partial charge in [0.15, 0.2) is 0 Å². The first kappa shape index (κ1) is 14.1. The highest BCUT2D eigenvalue weighted by Gasteiger charge is 2.10. The van der Waals surface area contributed by atoms with E-state index in [4.69, 9.17) is 5.73 Å². The van der Waals surface area contributed by atoms with Gasteiger partial charge in [0.2, 0.25) is 0 Å². The van der Waals surface area contributed by atoms with Crippen LogP contribution in [-0.2, 0) is 6.42 Å². The first-order valence-corrected chi connectivity index (χ1v) is 7.26. The standard InChI is InChI=1S/C17H23NO/c18-13-17(19)12-16-8-4-7-15(11-16)10-9-14-5-2-1-3-6-14/h4,7-8,11,14,17,19H,1-3,5-6,12-13,18H2. The van der Waals surface area contributed by atoms with Crippen LogP contribution in [-0.4, -0.2) is 17.8 Å². The van der Waals surface area contributed by atoms with Crippen LogP contribution < -0.4 is 5.73 Å². The van der Waals surface area contributed by atoms with Crippen molar-refractivity contribution in [3.8, 4) is 11.8 Å². The van der Waals surface area contributed by atoms with Crippen molar-refractivity contribution in [2.75, 3.05) is 6.54 Å². The Morgan fingerprint density at radius 2 is 2.05 bits per heavy atom. The Morgan fingerprint density at radius 1 is 1.26 bits per heavy atom. The van der Waals surface area contributed by atoms with E-state index in [1.165, 1.54) is 32.1 Å². The molecule has 0 aromatic heterocycles. The number of benzene rings is 1. The number of hydrogen-bond donors (Lipinski definition) is 2. The monoisotopic (exact) mass is 257 g/mol. The van der Waals surface area contributed by atoms with Crippen molar-refractivity contribution in [1.29, 1.82) is 0 Å². The van der Waals surface area contributed by atoms with Crippen LogP contribution >= 0.6 is 0 Å². The fourth-order valence-corrected chi connectivity index (χ4v) is 2.56. The predicted octanol–water partition coefficient (Wildman–Crippen LogP) is 2.48. The summed E-state index contributed by atoms with van der Waals surface area (Å²) in [6.45, 7) is 0.304. The molecule has 1 aliphatic carbocycles. The van der Waals surface area contributed by atoms with E-state index < -0.39 is 6.10 Å². The van der Waals surface area contributed by atoms with Gasteiger partial charge in [-0.05, 0) is 37.0 Å². The van der Waals surface area contributed by atoms with Crippen LogP contribution in [0.3, 0.4) is 0 Å². The van der Waals surface area contributed by atoms with Gasteiger partial charge < -0.3 is 10.8 Å². The molecule has 19 heavy (non-hydrogen) atoms. The van der Waals surface area contributed by atoms with Crippen LogP contribution in [0.2, 0.25) is 0 Å². The smallest absolute Gasteiger partial charge is 0.0702 e. The zero-order valence-electron chi connectivity index (χ0n) is 11.4. The Hall–Kier alpha value is -1.30. The summed E-state index contributed by atoms with van der Waals surface area (Å²) in [5.74, 6) is 7.25. The summed E-state index contributed by atoms with van der Waals surface area (Å²) in [5, 5.41) is 9.57. The van der Waals surface area contributed by atoms with Crippen LogP contribution in [0.1, 0.15) is 43.2 Å². The minimum atomic E-state index is -0.457. The Labute approximate surface area is 116 Å². The third-order valence-corrected chi connectivity index (χ3v) is 3.70. The molecule has 2 rings (SSSR count). The molecular formula is C17H23NO. The lowest BCUT2D eigenvalue weighted by atomic mass is 9.89. The quantitative estimate of drug-likeness (QED) is 0.817. The fourth-order valence-electron chi connectivity index (χ4n) is 2.56. The molecule has 1 aromatic rings. The fraction of sp³-hybridized carbons (Fsp3) is 0.529. The van der Waals surface area contributed by atoms with Gasteiger partial charge in [0, 0.05) is 18.0 Å². The van der Waals surface area contributed by atoms with Crippen LogP contribution in [0, 0.1) is 17.8 Å². The van der Waals surface area contributed by atoms with Gasteiger partial charge in [0.25, 0.3) is 0 Å². The van der Waals surface area contributed by atoms with Crippen molar-refractivity contribution in [2.45, 2.75) is 44.6 Å². The molecule has 1 unspecified atom stereocenters. The van der Waals surface area contributed by atoms with E-state index in [2.05, 4.69) is 17.9 Å². The molecule has 1 aliphatic rings. The van der Waals surface area contributed by atoms with Crippen molar-refractivity contribution in [2.24, 2.45) is 11.7 Å². The zero-order chi connectivity index (χ0) is 13.5. The van der Waals surface area contributed by atoms with E-state index in [1.807, 2.05) is 18.2 Å². The number of aliphatic hydroxyl groups is 1. The number of nitrogens with two attached hydrogens (primary N) is 1. The van der Waals surface area contributed by atoms with E-state index in [-0.39, 0.29) is 0 Å². The largest absolute Gasteiger partial charge is 0.391 e.